The quantitative estimate of drug-likeness (QED) is 0.208. The van der Waals surface area contributed by atoms with Crippen molar-refractivity contribution in [3.8, 4) is 5.75 Å². The molecule has 302 valence electrons. The predicted molar refractivity (Wildman–Crippen MR) is 202 cm³/mol. The van der Waals surface area contributed by atoms with Gasteiger partial charge in [0.25, 0.3) is 0 Å². The van der Waals surface area contributed by atoms with Crippen LogP contribution in [-0.4, -0.2) is 123 Å². The Bertz CT molecular complexity index is 2260. The first-order chi connectivity index (χ1) is 25.9. The lowest BCUT2D eigenvalue weighted by molar-refractivity contribution is -0.322. The molecule has 3 aromatic rings. The summed E-state index contributed by atoms with van der Waals surface area (Å²) in [7, 11) is 7.18. The molecule has 8 rings (SSSR count). The van der Waals surface area contributed by atoms with Gasteiger partial charge >= 0.3 is 0 Å². The maximum atomic E-state index is 15.2. The molecule has 1 aliphatic carbocycles. The molecule has 5 aliphatic rings. The van der Waals surface area contributed by atoms with Gasteiger partial charge in [-0.05, 0) is 113 Å². The van der Waals surface area contributed by atoms with Gasteiger partial charge in [-0.2, -0.15) is 0 Å². The molecule has 14 nitrogen and oxygen atoms in total. The first kappa shape index (κ1) is 39.3. The van der Waals surface area contributed by atoms with Crippen LogP contribution in [0.25, 0.3) is 11.0 Å². The zero-order valence-corrected chi connectivity index (χ0v) is 33.7. The number of rotatable bonds is 6. The Hall–Kier alpha value is -3.57. The highest BCUT2D eigenvalue weighted by Crippen LogP contribution is 2.57. The second-order valence-electron chi connectivity index (χ2n) is 18.0. The summed E-state index contributed by atoms with van der Waals surface area (Å²) in [6.07, 6.45) is -5.11. The summed E-state index contributed by atoms with van der Waals surface area (Å²) < 4.78 is 30.9. The van der Waals surface area contributed by atoms with Gasteiger partial charge in [-0.25, -0.2) is 0 Å². The molecule has 2 aromatic carbocycles. The predicted octanol–water partition coefficient (Wildman–Crippen LogP) is 3.37. The second-order valence-corrected chi connectivity index (χ2v) is 18.0. The van der Waals surface area contributed by atoms with E-state index >= 15 is 9.59 Å². The van der Waals surface area contributed by atoms with Crippen molar-refractivity contribution in [2.75, 3.05) is 28.2 Å². The third kappa shape index (κ3) is 5.59. The van der Waals surface area contributed by atoms with Gasteiger partial charge in [0.2, 0.25) is 5.78 Å². The highest BCUT2D eigenvalue weighted by molar-refractivity contribution is 6.33. The van der Waals surface area contributed by atoms with Gasteiger partial charge < -0.3 is 53.6 Å². The molecular formula is C42H52N2O12. The van der Waals surface area contributed by atoms with Crippen LogP contribution in [0.2, 0.25) is 0 Å². The Morgan fingerprint density at radius 1 is 0.821 bits per heavy atom. The summed E-state index contributed by atoms with van der Waals surface area (Å²) in [5, 5.41) is 46.2. The molecule has 0 saturated carbocycles. The van der Waals surface area contributed by atoms with Crippen LogP contribution in [0.3, 0.4) is 0 Å². The molecule has 0 radical (unpaired) electrons. The molecule has 11 atom stereocenters. The summed E-state index contributed by atoms with van der Waals surface area (Å²) in [4.78, 5) is 47.7. The Morgan fingerprint density at radius 2 is 1.48 bits per heavy atom. The minimum absolute atomic E-state index is 0.000477. The largest absolute Gasteiger partial charge is 0.507 e. The fourth-order valence-corrected chi connectivity index (χ4v) is 9.46. The van der Waals surface area contributed by atoms with Crippen molar-refractivity contribution in [1.29, 1.82) is 0 Å². The number of phenols is 1. The number of aryl methyl sites for hydroxylation is 1. The topological polar surface area (TPSA) is 195 Å². The van der Waals surface area contributed by atoms with Crippen LogP contribution >= 0.6 is 0 Å². The Kier molecular flexibility index (Phi) is 8.74. The van der Waals surface area contributed by atoms with Crippen LogP contribution in [-0.2, 0) is 24.5 Å². The van der Waals surface area contributed by atoms with Crippen molar-refractivity contribution in [3.05, 3.63) is 73.1 Å². The van der Waals surface area contributed by atoms with Crippen molar-refractivity contribution in [2.45, 2.75) is 133 Å². The molecule has 4 saturated heterocycles. The Balaban J connectivity index is 1.35. The SMILES string of the molecule is Cc1cc2c(c3oc([C@@]4(C)O[C@H]4[C@@H]4OC4(C)C)cc(=O)c13)C(=O)c1c(O)c([C@H]3C[C@](C)(N(C)C)[C@H](O)[C@](C)(O)O3)cc([C@H]3C[C@H](N(C)C)[C@H](O)[C@@H](C)O3)c1C2=O. The van der Waals surface area contributed by atoms with Crippen molar-refractivity contribution in [2.24, 2.45) is 0 Å². The lowest BCUT2D eigenvalue weighted by Gasteiger charge is -2.52. The summed E-state index contributed by atoms with van der Waals surface area (Å²) >= 11 is 0. The van der Waals surface area contributed by atoms with Crippen LogP contribution in [0.1, 0.15) is 121 Å². The average molecular weight is 777 g/mol. The molecule has 0 unspecified atom stereocenters. The van der Waals surface area contributed by atoms with Crippen molar-refractivity contribution in [1.82, 2.24) is 9.80 Å². The van der Waals surface area contributed by atoms with E-state index in [4.69, 9.17) is 23.4 Å². The molecule has 14 heteroatoms. The number of hydrogen-bond donors (Lipinski definition) is 4. The van der Waals surface area contributed by atoms with E-state index in [0.717, 1.165) is 0 Å². The molecule has 0 bridgehead atoms. The van der Waals surface area contributed by atoms with E-state index in [2.05, 4.69) is 0 Å². The average Bonchev–Trinajstić information content (AvgIpc) is 3.98. The first-order valence-corrected chi connectivity index (χ1v) is 19.2. The molecule has 5 heterocycles. The van der Waals surface area contributed by atoms with Crippen molar-refractivity contribution < 1.29 is 53.4 Å². The standard InChI is InChI=1S/C42H52N2O12/c1-17-12-21-29(35-27(17)23(45)15-26(53-35)41(6)37(56-41)36-39(3,4)55-36)34(49)30-28(33(21)48)19(24-14-22(43(8)9)31(46)18(2)52-24)13-20(32(30)47)25-16-40(5,44(10)11)38(50)42(7,51)54-25/h12-13,15,18,22,24-25,31,36-38,46-47,50-51H,14,16H2,1-11H3/t18-,22+,24-,25-,31-,36+,37+,38+,40+,41-,42-/m1/s1. The zero-order chi connectivity index (χ0) is 40.9. The van der Waals surface area contributed by atoms with Crippen LogP contribution in [0.4, 0.5) is 0 Å². The molecule has 4 aliphatic heterocycles. The summed E-state index contributed by atoms with van der Waals surface area (Å²) in [5.41, 5.74) is -2.76. The van der Waals surface area contributed by atoms with Crippen LogP contribution in [0.15, 0.2) is 27.4 Å². The smallest absolute Gasteiger partial charge is 0.202 e. The number of nitrogens with zero attached hydrogens (tertiary/aromatic N) is 2. The number of epoxide rings is 2. The number of phenolic OH excluding ortho intramolecular Hbond substituents is 1. The third-order valence-corrected chi connectivity index (χ3v) is 13.3. The van der Waals surface area contributed by atoms with Crippen molar-refractivity contribution in [3.63, 3.8) is 0 Å². The van der Waals surface area contributed by atoms with Crippen LogP contribution < -0.4 is 5.43 Å². The van der Waals surface area contributed by atoms with E-state index in [1.807, 2.05) is 32.8 Å². The van der Waals surface area contributed by atoms with Crippen molar-refractivity contribution >= 4 is 22.5 Å². The summed E-state index contributed by atoms with van der Waals surface area (Å²) in [5.74, 6) is -3.78. The molecule has 4 fully saturated rings. The van der Waals surface area contributed by atoms with E-state index < -0.39 is 87.9 Å². The molecule has 1 aromatic heterocycles. The monoisotopic (exact) mass is 776 g/mol. The van der Waals surface area contributed by atoms with Gasteiger partial charge in [0.05, 0.1) is 52.1 Å². The number of fused-ring (bicyclic) bond motifs is 4. The van der Waals surface area contributed by atoms with Crippen LogP contribution in [0.5, 0.6) is 5.75 Å². The normalized spacial score (nSPS) is 37.6. The molecular weight excluding hydrogens is 724 g/mol. The van der Waals surface area contributed by atoms with Gasteiger partial charge in [-0.1, -0.05) is 0 Å². The van der Waals surface area contributed by atoms with Gasteiger partial charge in [-0.15, -0.1) is 0 Å². The number of aliphatic hydroxyl groups excluding tert-OH is 2. The number of likely N-dealkylation sites (N-methyl/N-ethyl adjacent to an activating group) is 2. The summed E-state index contributed by atoms with van der Waals surface area (Å²) in [6.45, 7) is 12.2. The molecule has 4 N–H and O–H groups in total. The maximum absolute atomic E-state index is 15.2. The number of hydrogen-bond acceptors (Lipinski definition) is 14. The second kappa shape index (κ2) is 12.5. The highest BCUT2D eigenvalue weighted by atomic mass is 16.7. The van der Waals surface area contributed by atoms with E-state index in [9.17, 15) is 25.2 Å². The number of aromatic hydroxyl groups is 1. The first-order valence-electron chi connectivity index (χ1n) is 19.2. The van der Waals surface area contributed by atoms with Gasteiger partial charge in [0, 0.05) is 28.8 Å². The molecule has 0 spiro atoms. The number of ether oxygens (including phenoxy) is 4. The van der Waals surface area contributed by atoms with Gasteiger partial charge in [-0.3, -0.25) is 14.4 Å². The Morgan fingerprint density at radius 3 is 2.09 bits per heavy atom. The van der Waals surface area contributed by atoms with Gasteiger partial charge in [0.15, 0.2) is 22.6 Å². The fourth-order valence-electron chi connectivity index (χ4n) is 9.46. The van der Waals surface area contributed by atoms with Crippen LogP contribution in [0, 0.1) is 6.92 Å². The highest BCUT2D eigenvalue weighted by Gasteiger charge is 2.70. The number of carbonyl (C=O) groups is 2. The van der Waals surface area contributed by atoms with E-state index in [-0.39, 0.29) is 63.5 Å². The lowest BCUT2D eigenvalue weighted by atomic mass is 9.74. The number of benzene rings is 2. The van der Waals surface area contributed by atoms with E-state index in [1.54, 1.807) is 52.8 Å². The van der Waals surface area contributed by atoms with E-state index in [0.29, 0.717) is 11.1 Å². The van der Waals surface area contributed by atoms with Gasteiger partial charge in [0.1, 0.15) is 35.4 Å². The maximum Gasteiger partial charge on any atom is 0.202 e. The minimum atomic E-state index is -2.08. The number of ketones is 2. The summed E-state index contributed by atoms with van der Waals surface area (Å²) in [6, 6.07) is 4.05. The fraction of sp³-hybridized carbons (Fsp3) is 0.595. The molecule has 0 amide bonds. The zero-order valence-electron chi connectivity index (χ0n) is 33.7. The number of aliphatic hydroxyl groups is 3. The third-order valence-electron chi connectivity index (χ3n) is 13.3. The van der Waals surface area contributed by atoms with E-state index in [1.165, 1.54) is 19.1 Å². The number of carbonyl (C=O) groups excluding carboxylic acids is 2. The lowest BCUT2D eigenvalue weighted by Crippen LogP contribution is -2.65. The Labute approximate surface area is 324 Å². The molecule has 56 heavy (non-hydrogen) atoms. The minimum Gasteiger partial charge on any atom is -0.507 e.